The van der Waals surface area contributed by atoms with Crippen molar-refractivity contribution in [2.75, 3.05) is 11.9 Å². The average molecular weight is 214 g/mol. The summed E-state index contributed by atoms with van der Waals surface area (Å²) in [5.41, 5.74) is 0.564. The Balaban J connectivity index is 2.38. The molecule has 15 heavy (non-hydrogen) atoms. The lowest BCUT2D eigenvalue weighted by molar-refractivity contribution is 0.0257. The van der Waals surface area contributed by atoms with E-state index in [-0.39, 0.29) is 0 Å². The topological polar surface area (TPSA) is 41.1 Å². The minimum Gasteiger partial charge on any atom is -0.332 e. The SMILES string of the molecule is CC(F)(F)CNC(=O)Nc1ccccc1. The van der Waals surface area contributed by atoms with Crippen LogP contribution in [0.4, 0.5) is 19.3 Å². The second-order valence-corrected chi connectivity index (χ2v) is 3.24. The van der Waals surface area contributed by atoms with Crippen LogP contribution in [-0.4, -0.2) is 18.5 Å². The lowest BCUT2D eigenvalue weighted by Crippen LogP contribution is -2.37. The normalized spacial score (nSPS) is 10.9. The first-order chi connectivity index (χ1) is 6.97. The van der Waals surface area contributed by atoms with E-state index < -0.39 is 18.5 Å². The van der Waals surface area contributed by atoms with Gasteiger partial charge in [-0.1, -0.05) is 18.2 Å². The van der Waals surface area contributed by atoms with E-state index in [1.54, 1.807) is 30.3 Å². The van der Waals surface area contributed by atoms with Gasteiger partial charge in [-0.25, -0.2) is 13.6 Å². The molecule has 0 aromatic heterocycles. The lowest BCUT2D eigenvalue weighted by atomic mass is 10.3. The number of halogens is 2. The molecule has 2 amide bonds. The van der Waals surface area contributed by atoms with Crippen LogP contribution in [0.15, 0.2) is 30.3 Å². The fourth-order valence-electron chi connectivity index (χ4n) is 0.932. The van der Waals surface area contributed by atoms with E-state index in [2.05, 4.69) is 10.6 Å². The number of rotatable bonds is 3. The smallest absolute Gasteiger partial charge is 0.319 e. The summed E-state index contributed by atoms with van der Waals surface area (Å²) in [6.07, 6.45) is 0. The highest BCUT2D eigenvalue weighted by atomic mass is 19.3. The van der Waals surface area contributed by atoms with Gasteiger partial charge in [0.05, 0.1) is 6.54 Å². The molecule has 1 rings (SSSR count). The number of anilines is 1. The average Bonchev–Trinajstić information content (AvgIpc) is 2.15. The van der Waals surface area contributed by atoms with Crippen LogP contribution in [0.1, 0.15) is 6.92 Å². The number of carbonyl (C=O) groups excluding carboxylic acids is 1. The number of carbonyl (C=O) groups is 1. The molecule has 1 aromatic carbocycles. The molecule has 0 aliphatic heterocycles. The summed E-state index contributed by atoms with van der Waals surface area (Å²) in [6.45, 7) is 0.0709. The zero-order valence-electron chi connectivity index (χ0n) is 8.26. The number of nitrogens with one attached hydrogen (secondary N) is 2. The van der Waals surface area contributed by atoms with Gasteiger partial charge in [0.2, 0.25) is 0 Å². The first-order valence-electron chi connectivity index (χ1n) is 4.45. The zero-order valence-corrected chi connectivity index (χ0v) is 8.26. The van der Waals surface area contributed by atoms with Crippen molar-refractivity contribution in [2.24, 2.45) is 0 Å². The van der Waals surface area contributed by atoms with Gasteiger partial charge in [0.25, 0.3) is 5.92 Å². The van der Waals surface area contributed by atoms with Crippen molar-refractivity contribution in [1.82, 2.24) is 5.32 Å². The van der Waals surface area contributed by atoms with Crippen LogP contribution in [0.2, 0.25) is 0 Å². The van der Waals surface area contributed by atoms with Crippen molar-refractivity contribution in [2.45, 2.75) is 12.8 Å². The molecule has 0 spiro atoms. The molecule has 82 valence electrons. The van der Waals surface area contributed by atoms with E-state index in [1.165, 1.54) is 0 Å². The monoisotopic (exact) mass is 214 g/mol. The Bertz CT molecular complexity index is 322. The van der Waals surface area contributed by atoms with Crippen molar-refractivity contribution in [3.05, 3.63) is 30.3 Å². The van der Waals surface area contributed by atoms with Gasteiger partial charge in [-0.05, 0) is 12.1 Å². The molecule has 0 saturated heterocycles. The number of alkyl halides is 2. The molecular weight excluding hydrogens is 202 g/mol. The van der Waals surface area contributed by atoms with Crippen molar-refractivity contribution >= 4 is 11.7 Å². The summed E-state index contributed by atoms with van der Waals surface area (Å²) < 4.78 is 24.8. The maximum Gasteiger partial charge on any atom is 0.319 e. The number of urea groups is 1. The van der Waals surface area contributed by atoms with Crippen LogP contribution in [0.25, 0.3) is 0 Å². The quantitative estimate of drug-likeness (QED) is 0.797. The minimum absolute atomic E-state index is 0.564. The number of amides is 2. The molecule has 0 aliphatic rings. The third kappa shape index (κ3) is 4.95. The minimum atomic E-state index is -2.89. The maximum absolute atomic E-state index is 12.4. The van der Waals surface area contributed by atoms with Crippen LogP contribution in [0.3, 0.4) is 0 Å². The molecule has 0 bridgehead atoms. The summed E-state index contributed by atoms with van der Waals surface area (Å²) >= 11 is 0. The van der Waals surface area contributed by atoms with Gasteiger partial charge >= 0.3 is 6.03 Å². The molecule has 0 atom stereocenters. The van der Waals surface area contributed by atoms with Crippen molar-refractivity contribution in [3.63, 3.8) is 0 Å². The van der Waals surface area contributed by atoms with Gasteiger partial charge in [-0.2, -0.15) is 0 Å². The predicted octanol–water partition coefficient (Wildman–Crippen LogP) is 2.46. The maximum atomic E-state index is 12.4. The van der Waals surface area contributed by atoms with E-state index in [1.807, 2.05) is 0 Å². The Labute approximate surface area is 86.5 Å². The summed E-state index contributed by atoms with van der Waals surface area (Å²) in [7, 11) is 0. The summed E-state index contributed by atoms with van der Waals surface area (Å²) in [4.78, 5) is 11.1. The standard InChI is InChI=1S/C10H12F2N2O/c1-10(11,12)7-13-9(15)14-8-5-3-2-4-6-8/h2-6H,7H2,1H3,(H2,13,14,15). The Morgan fingerprint density at radius 3 is 2.47 bits per heavy atom. The van der Waals surface area contributed by atoms with Crippen molar-refractivity contribution in [1.29, 1.82) is 0 Å². The van der Waals surface area contributed by atoms with E-state index in [9.17, 15) is 13.6 Å². The molecule has 3 nitrogen and oxygen atoms in total. The lowest BCUT2D eigenvalue weighted by Gasteiger charge is -2.12. The third-order valence-corrected chi connectivity index (χ3v) is 1.59. The Hall–Kier alpha value is -1.65. The van der Waals surface area contributed by atoms with E-state index in [0.717, 1.165) is 6.92 Å². The summed E-state index contributed by atoms with van der Waals surface area (Å²) in [5, 5.41) is 4.50. The zero-order chi connectivity index (χ0) is 11.3. The molecule has 0 unspecified atom stereocenters. The number of hydrogen-bond acceptors (Lipinski definition) is 1. The first-order valence-corrected chi connectivity index (χ1v) is 4.45. The second kappa shape index (κ2) is 4.72. The highest BCUT2D eigenvalue weighted by molar-refractivity contribution is 5.89. The Morgan fingerprint density at radius 1 is 1.33 bits per heavy atom. The fourth-order valence-corrected chi connectivity index (χ4v) is 0.932. The van der Waals surface area contributed by atoms with Gasteiger partial charge < -0.3 is 10.6 Å². The second-order valence-electron chi connectivity index (χ2n) is 3.24. The molecule has 0 aliphatic carbocycles. The Kier molecular flexibility index (Phi) is 3.60. The van der Waals surface area contributed by atoms with Gasteiger partial charge in [-0.3, -0.25) is 0 Å². The first kappa shape index (κ1) is 11.4. The molecule has 5 heteroatoms. The van der Waals surface area contributed by atoms with E-state index in [4.69, 9.17) is 0 Å². The fraction of sp³-hybridized carbons (Fsp3) is 0.300. The van der Waals surface area contributed by atoms with Crippen molar-refractivity contribution < 1.29 is 13.6 Å². The van der Waals surface area contributed by atoms with Crippen LogP contribution < -0.4 is 10.6 Å². The van der Waals surface area contributed by atoms with Gasteiger partial charge in [0.1, 0.15) is 0 Å². The molecule has 0 heterocycles. The van der Waals surface area contributed by atoms with Gasteiger partial charge in [0.15, 0.2) is 0 Å². The molecule has 0 saturated carbocycles. The highest BCUT2D eigenvalue weighted by Gasteiger charge is 2.21. The van der Waals surface area contributed by atoms with Gasteiger partial charge in [-0.15, -0.1) is 0 Å². The van der Waals surface area contributed by atoms with E-state index in [0.29, 0.717) is 5.69 Å². The van der Waals surface area contributed by atoms with E-state index >= 15 is 0 Å². The van der Waals surface area contributed by atoms with Crippen LogP contribution in [0, 0.1) is 0 Å². The molecule has 2 N–H and O–H groups in total. The van der Waals surface area contributed by atoms with Crippen LogP contribution in [-0.2, 0) is 0 Å². The number of benzene rings is 1. The molecule has 0 radical (unpaired) electrons. The number of hydrogen-bond donors (Lipinski definition) is 2. The number of para-hydroxylation sites is 1. The third-order valence-electron chi connectivity index (χ3n) is 1.59. The summed E-state index contributed by atoms with van der Waals surface area (Å²) in [5.74, 6) is -2.89. The van der Waals surface area contributed by atoms with Gasteiger partial charge in [0, 0.05) is 12.6 Å². The van der Waals surface area contributed by atoms with Crippen molar-refractivity contribution in [3.8, 4) is 0 Å². The molecule has 0 fully saturated rings. The molecular formula is C10H12F2N2O. The summed E-state index contributed by atoms with van der Waals surface area (Å²) in [6, 6.07) is 7.98. The highest BCUT2D eigenvalue weighted by Crippen LogP contribution is 2.09. The Morgan fingerprint density at radius 2 is 1.93 bits per heavy atom. The van der Waals surface area contributed by atoms with Crippen LogP contribution in [0.5, 0.6) is 0 Å². The largest absolute Gasteiger partial charge is 0.332 e. The van der Waals surface area contributed by atoms with Crippen LogP contribution >= 0.6 is 0 Å². The molecule has 1 aromatic rings. The predicted molar refractivity (Wildman–Crippen MR) is 54.1 cm³/mol.